The quantitative estimate of drug-likeness (QED) is 0.903. The lowest BCUT2D eigenvalue weighted by Crippen LogP contribution is -2.53. The number of anilines is 2. The van der Waals surface area contributed by atoms with Crippen molar-refractivity contribution < 1.29 is 4.74 Å². The Bertz CT molecular complexity index is 433. The van der Waals surface area contributed by atoms with Gasteiger partial charge in [0.2, 0.25) is 5.95 Å². The van der Waals surface area contributed by atoms with Crippen LogP contribution in [0.3, 0.4) is 0 Å². The number of hydrogen-bond acceptors (Lipinski definition) is 5. The molecule has 0 atom stereocenters. The minimum Gasteiger partial charge on any atom is -0.377 e. The van der Waals surface area contributed by atoms with Crippen LogP contribution in [0.1, 0.15) is 32.8 Å². The van der Waals surface area contributed by atoms with E-state index in [0.717, 1.165) is 44.1 Å². The smallest absolute Gasteiger partial charge is 0.224 e. The molecule has 5 nitrogen and oxygen atoms in total. The fourth-order valence-corrected chi connectivity index (χ4v) is 2.28. The second-order valence-corrected chi connectivity index (χ2v) is 5.64. The minimum absolute atomic E-state index is 0.0284. The largest absolute Gasteiger partial charge is 0.377 e. The molecule has 0 unspecified atom stereocenters. The van der Waals surface area contributed by atoms with Crippen LogP contribution >= 0.6 is 0 Å². The molecule has 0 amide bonds. The molecule has 0 aliphatic carbocycles. The molecule has 0 saturated carbocycles. The highest BCUT2D eigenvalue weighted by molar-refractivity contribution is 5.51. The van der Waals surface area contributed by atoms with Crippen LogP contribution in [0.25, 0.3) is 0 Å². The molecule has 0 radical (unpaired) electrons. The molecule has 1 fully saturated rings. The Morgan fingerprint density at radius 3 is 2.95 bits per heavy atom. The van der Waals surface area contributed by atoms with Crippen molar-refractivity contribution in [3.05, 3.63) is 11.8 Å². The first kappa shape index (κ1) is 14.1. The summed E-state index contributed by atoms with van der Waals surface area (Å²) in [7, 11) is 0. The fraction of sp³-hybridized carbons (Fsp3) is 0.714. The maximum Gasteiger partial charge on any atom is 0.224 e. The van der Waals surface area contributed by atoms with Gasteiger partial charge >= 0.3 is 0 Å². The maximum atomic E-state index is 5.57. The molecule has 0 bridgehead atoms. The molecule has 5 heteroatoms. The molecular formula is C14H24N4O. The summed E-state index contributed by atoms with van der Waals surface area (Å²) in [6, 6.07) is 0. The van der Waals surface area contributed by atoms with Gasteiger partial charge in [-0.15, -0.1) is 0 Å². The Kier molecular flexibility index (Phi) is 4.24. The van der Waals surface area contributed by atoms with Gasteiger partial charge in [0.1, 0.15) is 5.82 Å². The average molecular weight is 264 g/mol. The number of nitrogens with zero attached hydrogens (tertiary/aromatic N) is 3. The van der Waals surface area contributed by atoms with Crippen molar-refractivity contribution in [3.8, 4) is 0 Å². The van der Waals surface area contributed by atoms with E-state index in [1.807, 2.05) is 6.20 Å². The van der Waals surface area contributed by atoms with Crippen molar-refractivity contribution >= 4 is 11.8 Å². The number of ether oxygens (including phenoxy) is 1. The number of nitrogens with one attached hydrogen (secondary N) is 1. The first-order valence-corrected chi connectivity index (χ1v) is 6.97. The number of aromatic nitrogens is 2. The van der Waals surface area contributed by atoms with Gasteiger partial charge in [0.05, 0.1) is 18.8 Å². The summed E-state index contributed by atoms with van der Waals surface area (Å²) < 4.78 is 5.57. The van der Waals surface area contributed by atoms with E-state index in [1.54, 1.807) is 0 Å². The highest BCUT2D eigenvalue weighted by Crippen LogP contribution is 2.28. The molecule has 1 aromatic heterocycles. The third-order valence-corrected chi connectivity index (χ3v) is 3.38. The zero-order valence-electron chi connectivity index (χ0n) is 12.4. The van der Waals surface area contributed by atoms with Crippen molar-refractivity contribution in [2.75, 3.05) is 36.5 Å². The van der Waals surface area contributed by atoms with Gasteiger partial charge in [0, 0.05) is 24.8 Å². The molecule has 1 saturated heterocycles. The van der Waals surface area contributed by atoms with E-state index in [2.05, 4.69) is 47.9 Å². The number of hydrogen-bond donors (Lipinski definition) is 1. The molecule has 19 heavy (non-hydrogen) atoms. The predicted octanol–water partition coefficient (Wildman–Crippen LogP) is 2.22. The first-order valence-electron chi connectivity index (χ1n) is 6.97. The summed E-state index contributed by atoms with van der Waals surface area (Å²) >= 11 is 0. The fourth-order valence-electron chi connectivity index (χ4n) is 2.28. The van der Waals surface area contributed by atoms with E-state index in [-0.39, 0.29) is 5.54 Å². The lowest BCUT2D eigenvalue weighted by Gasteiger charge is -2.43. The van der Waals surface area contributed by atoms with Crippen molar-refractivity contribution in [1.29, 1.82) is 0 Å². The SMILES string of the molecule is CCCNc1ncc(C)c(N2CCOCC2(C)C)n1. The van der Waals surface area contributed by atoms with Crippen molar-refractivity contribution in [1.82, 2.24) is 9.97 Å². The Morgan fingerprint density at radius 1 is 1.47 bits per heavy atom. The first-order chi connectivity index (χ1) is 9.04. The van der Waals surface area contributed by atoms with Crippen LogP contribution in [-0.4, -0.2) is 41.8 Å². The van der Waals surface area contributed by atoms with Gasteiger partial charge in [-0.1, -0.05) is 6.92 Å². The summed E-state index contributed by atoms with van der Waals surface area (Å²) in [5.41, 5.74) is 1.08. The normalized spacial score (nSPS) is 18.4. The molecule has 2 heterocycles. The van der Waals surface area contributed by atoms with Gasteiger partial charge in [-0.05, 0) is 27.2 Å². The monoisotopic (exact) mass is 264 g/mol. The summed E-state index contributed by atoms with van der Waals surface area (Å²) in [4.78, 5) is 11.3. The van der Waals surface area contributed by atoms with Crippen molar-refractivity contribution in [2.45, 2.75) is 39.7 Å². The van der Waals surface area contributed by atoms with Gasteiger partial charge in [0.15, 0.2) is 0 Å². The number of morpholine rings is 1. The third-order valence-electron chi connectivity index (χ3n) is 3.38. The Hall–Kier alpha value is -1.36. The topological polar surface area (TPSA) is 50.3 Å². The molecular weight excluding hydrogens is 240 g/mol. The molecule has 1 aliphatic rings. The van der Waals surface area contributed by atoms with E-state index < -0.39 is 0 Å². The zero-order valence-corrected chi connectivity index (χ0v) is 12.4. The van der Waals surface area contributed by atoms with Crippen LogP contribution in [0.4, 0.5) is 11.8 Å². The van der Waals surface area contributed by atoms with Gasteiger partial charge in [-0.2, -0.15) is 4.98 Å². The van der Waals surface area contributed by atoms with Gasteiger partial charge in [-0.3, -0.25) is 0 Å². The van der Waals surface area contributed by atoms with Gasteiger partial charge in [-0.25, -0.2) is 4.98 Å². The molecule has 1 N–H and O–H groups in total. The summed E-state index contributed by atoms with van der Waals surface area (Å²) in [5.74, 6) is 1.73. The maximum absolute atomic E-state index is 5.57. The van der Waals surface area contributed by atoms with E-state index in [0.29, 0.717) is 5.95 Å². The van der Waals surface area contributed by atoms with E-state index in [1.165, 1.54) is 0 Å². The third kappa shape index (κ3) is 3.15. The average Bonchev–Trinajstić information content (AvgIpc) is 2.38. The lowest BCUT2D eigenvalue weighted by atomic mass is 10.0. The molecule has 2 rings (SSSR count). The molecule has 1 aromatic rings. The number of aryl methyl sites for hydroxylation is 1. The van der Waals surface area contributed by atoms with Crippen LogP contribution in [0, 0.1) is 6.92 Å². The Balaban J connectivity index is 2.26. The predicted molar refractivity (Wildman–Crippen MR) is 77.8 cm³/mol. The second-order valence-electron chi connectivity index (χ2n) is 5.64. The van der Waals surface area contributed by atoms with Crippen LogP contribution < -0.4 is 10.2 Å². The molecule has 1 aliphatic heterocycles. The standard InChI is InChI=1S/C14H24N4O/c1-5-6-15-13-16-9-11(2)12(17-13)18-7-8-19-10-14(18,3)4/h9H,5-8,10H2,1-4H3,(H,15,16,17). The lowest BCUT2D eigenvalue weighted by molar-refractivity contribution is 0.0638. The van der Waals surface area contributed by atoms with Crippen LogP contribution in [0.15, 0.2) is 6.20 Å². The van der Waals surface area contributed by atoms with Crippen LogP contribution in [0.5, 0.6) is 0 Å². The second kappa shape index (κ2) is 5.74. The van der Waals surface area contributed by atoms with Crippen LogP contribution in [0.2, 0.25) is 0 Å². The zero-order chi connectivity index (χ0) is 13.9. The van der Waals surface area contributed by atoms with Gasteiger partial charge < -0.3 is 15.0 Å². The summed E-state index contributed by atoms with van der Waals surface area (Å²) in [5, 5.41) is 3.25. The van der Waals surface area contributed by atoms with E-state index >= 15 is 0 Å². The Morgan fingerprint density at radius 2 is 2.26 bits per heavy atom. The van der Waals surface area contributed by atoms with E-state index in [4.69, 9.17) is 4.74 Å². The summed E-state index contributed by atoms with van der Waals surface area (Å²) in [6.45, 7) is 11.8. The molecule has 0 spiro atoms. The Labute approximate surface area is 115 Å². The minimum atomic E-state index is -0.0284. The van der Waals surface area contributed by atoms with E-state index in [9.17, 15) is 0 Å². The molecule has 0 aromatic carbocycles. The summed E-state index contributed by atoms with van der Waals surface area (Å²) in [6.07, 6.45) is 2.96. The van der Waals surface area contributed by atoms with Crippen LogP contribution in [-0.2, 0) is 4.74 Å². The number of rotatable bonds is 4. The van der Waals surface area contributed by atoms with Crippen molar-refractivity contribution in [2.24, 2.45) is 0 Å². The molecule has 106 valence electrons. The van der Waals surface area contributed by atoms with Gasteiger partial charge in [0.25, 0.3) is 0 Å². The highest BCUT2D eigenvalue weighted by atomic mass is 16.5. The highest BCUT2D eigenvalue weighted by Gasteiger charge is 2.32. The van der Waals surface area contributed by atoms with Crippen molar-refractivity contribution in [3.63, 3.8) is 0 Å².